The van der Waals surface area contributed by atoms with Crippen molar-refractivity contribution in [2.24, 2.45) is 0 Å². The van der Waals surface area contributed by atoms with Gasteiger partial charge < -0.3 is 0 Å². The third kappa shape index (κ3) is 2.30. The number of hydrogen-bond donors (Lipinski definition) is 0. The standard InChI is InChI=1S/C25H17N3/c1-2-5-17(6-3-1)15-28-16-23(26-27-28)21-13-11-20-10-9-18-7-4-8-19-12-14-22(21)25(20)24(18)19/h1-14,16H,15H2. The van der Waals surface area contributed by atoms with Crippen LogP contribution in [0.4, 0.5) is 0 Å². The molecule has 1 heterocycles. The van der Waals surface area contributed by atoms with Gasteiger partial charge in [-0.25, -0.2) is 4.68 Å². The molecule has 0 aliphatic heterocycles. The van der Waals surface area contributed by atoms with Crippen molar-refractivity contribution in [3.8, 4) is 11.3 Å². The lowest BCUT2D eigenvalue weighted by Gasteiger charge is -2.12. The van der Waals surface area contributed by atoms with Crippen molar-refractivity contribution in [3.63, 3.8) is 0 Å². The van der Waals surface area contributed by atoms with Crippen molar-refractivity contribution in [2.75, 3.05) is 0 Å². The topological polar surface area (TPSA) is 30.7 Å². The van der Waals surface area contributed by atoms with E-state index in [9.17, 15) is 0 Å². The zero-order valence-corrected chi connectivity index (χ0v) is 15.2. The molecule has 6 aromatic rings. The second kappa shape index (κ2) is 5.89. The number of nitrogens with zero attached hydrogens (tertiary/aromatic N) is 3. The van der Waals surface area contributed by atoms with E-state index in [0.29, 0.717) is 0 Å². The van der Waals surface area contributed by atoms with E-state index < -0.39 is 0 Å². The first-order chi connectivity index (χ1) is 13.9. The fourth-order valence-electron chi connectivity index (χ4n) is 4.23. The molecule has 0 saturated heterocycles. The number of hydrogen-bond acceptors (Lipinski definition) is 2. The van der Waals surface area contributed by atoms with Crippen LogP contribution in [0.5, 0.6) is 0 Å². The predicted molar refractivity (Wildman–Crippen MR) is 115 cm³/mol. The average molecular weight is 359 g/mol. The molecule has 0 radical (unpaired) electrons. The fraction of sp³-hybridized carbons (Fsp3) is 0.0400. The Balaban J connectivity index is 1.53. The number of benzene rings is 5. The van der Waals surface area contributed by atoms with Crippen molar-refractivity contribution in [2.45, 2.75) is 6.54 Å². The SMILES string of the molecule is c1ccc(Cn2cc(-c3ccc4ccc5cccc6ccc3c4c56)nn2)cc1. The summed E-state index contributed by atoms with van der Waals surface area (Å²) in [6.45, 7) is 0.722. The highest BCUT2D eigenvalue weighted by atomic mass is 15.4. The van der Waals surface area contributed by atoms with Crippen LogP contribution in [-0.4, -0.2) is 15.0 Å². The molecule has 3 nitrogen and oxygen atoms in total. The van der Waals surface area contributed by atoms with Crippen molar-refractivity contribution in [3.05, 3.63) is 96.7 Å². The Bertz CT molecular complexity index is 1410. The maximum absolute atomic E-state index is 4.48. The van der Waals surface area contributed by atoms with E-state index in [0.717, 1.165) is 17.8 Å². The van der Waals surface area contributed by atoms with Crippen molar-refractivity contribution < 1.29 is 0 Å². The summed E-state index contributed by atoms with van der Waals surface area (Å²) in [5.74, 6) is 0. The molecule has 6 rings (SSSR count). The molecular formula is C25H17N3. The quantitative estimate of drug-likeness (QED) is 0.369. The van der Waals surface area contributed by atoms with E-state index >= 15 is 0 Å². The second-order valence-corrected chi connectivity index (χ2v) is 7.26. The first-order valence-electron chi connectivity index (χ1n) is 9.48. The molecule has 5 aromatic carbocycles. The molecule has 0 aliphatic carbocycles. The number of aromatic nitrogens is 3. The predicted octanol–water partition coefficient (Wildman–Crippen LogP) is 5.89. The molecule has 1 aromatic heterocycles. The molecule has 0 amide bonds. The smallest absolute Gasteiger partial charge is 0.113 e. The summed E-state index contributed by atoms with van der Waals surface area (Å²) < 4.78 is 1.91. The van der Waals surface area contributed by atoms with Gasteiger partial charge in [-0.3, -0.25) is 0 Å². The van der Waals surface area contributed by atoms with E-state index in [1.807, 2.05) is 29.1 Å². The van der Waals surface area contributed by atoms with Gasteiger partial charge in [0.05, 0.1) is 12.7 Å². The minimum absolute atomic E-state index is 0.722. The van der Waals surface area contributed by atoms with Crippen LogP contribution in [0, 0.1) is 0 Å². The summed E-state index contributed by atoms with van der Waals surface area (Å²) in [6.07, 6.45) is 2.04. The molecule has 3 heteroatoms. The molecule has 0 atom stereocenters. The lowest BCUT2D eigenvalue weighted by molar-refractivity contribution is 0.650. The molecule has 0 saturated carbocycles. The lowest BCUT2D eigenvalue weighted by Crippen LogP contribution is -1.99. The Morgan fingerprint density at radius 2 is 1.36 bits per heavy atom. The molecule has 0 N–H and O–H groups in total. The largest absolute Gasteiger partial charge is 0.247 e. The van der Waals surface area contributed by atoms with Crippen molar-refractivity contribution in [1.82, 2.24) is 15.0 Å². The summed E-state index contributed by atoms with van der Waals surface area (Å²) in [7, 11) is 0. The summed E-state index contributed by atoms with van der Waals surface area (Å²) >= 11 is 0. The molecule has 0 fully saturated rings. The first kappa shape index (κ1) is 15.3. The van der Waals surface area contributed by atoms with E-state index in [2.05, 4.69) is 77.0 Å². The number of rotatable bonds is 3. The van der Waals surface area contributed by atoms with Crippen LogP contribution in [0.2, 0.25) is 0 Å². The zero-order valence-electron chi connectivity index (χ0n) is 15.2. The van der Waals surface area contributed by atoms with Crippen LogP contribution in [0.15, 0.2) is 91.1 Å². The summed E-state index contributed by atoms with van der Waals surface area (Å²) in [4.78, 5) is 0. The molecule has 0 bridgehead atoms. The van der Waals surface area contributed by atoms with Gasteiger partial charge in [-0.05, 0) is 37.9 Å². The zero-order chi connectivity index (χ0) is 18.5. The van der Waals surface area contributed by atoms with Gasteiger partial charge in [-0.15, -0.1) is 5.10 Å². The van der Waals surface area contributed by atoms with Gasteiger partial charge in [-0.2, -0.15) is 0 Å². The second-order valence-electron chi connectivity index (χ2n) is 7.26. The molecule has 0 unspecified atom stereocenters. The molecule has 132 valence electrons. The van der Waals surface area contributed by atoms with Gasteiger partial charge >= 0.3 is 0 Å². The Morgan fingerprint density at radius 1 is 0.643 bits per heavy atom. The monoisotopic (exact) mass is 359 g/mol. The minimum Gasteiger partial charge on any atom is -0.247 e. The minimum atomic E-state index is 0.722. The van der Waals surface area contributed by atoms with E-state index in [4.69, 9.17) is 0 Å². The third-order valence-corrected chi connectivity index (χ3v) is 5.53. The molecular weight excluding hydrogens is 342 g/mol. The van der Waals surface area contributed by atoms with Crippen molar-refractivity contribution in [1.29, 1.82) is 0 Å². The lowest BCUT2D eigenvalue weighted by atomic mass is 9.91. The van der Waals surface area contributed by atoms with E-state index in [1.165, 1.54) is 37.9 Å². The highest BCUT2D eigenvalue weighted by Gasteiger charge is 2.13. The van der Waals surface area contributed by atoms with Crippen molar-refractivity contribution >= 4 is 32.3 Å². The molecule has 28 heavy (non-hydrogen) atoms. The van der Waals surface area contributed by atoms with Crippen LogP contribution in [0.3, 0.4) is 0 Å². The van der Waals surface area contributed by atoms with Gasteiger partial charge in [0.15, 0.2) is 0 Å². The summed E-state index contributed by atoms with van der Waals surface area (Å²) in [5, 5.41) is 16.5. The van der Waals surface area contributed by atoms with Crippen LogP contribution in [0.25, 0.3) is 43.6 Å². The third-order valence-electron chi connectivity index (χ3n) is 5.53. The Kier molecular flexibility index (Phi) is 3.23. The average Bonchev–Trinajstić information content (AvgIpc) is 3.21. The summed E-state index contributed by atoms with van der Waals surface area (Å²) in [5.41, 5.74) is 3.26. The van der Waals surface area contributed by atoms with Gasteiger partial charge in [0.25, 0.3) is 0 Å². The Morgan fingerprint density at radius 3 is 2.18 bits per heavy atom. The molecule has 0 aliphatic rings. The maximum atomic E-state index is 4.48. The van der Waals surface area contributed by atoms with E-state index in [1.54, 1.807) is 0 Å². The molecule has 0 spiro atoms. The van der Waals surface area contributed by atoms with Crippen LogP contribution < -0.4 is 0 Å². The van der Waals surface area contributed by atoms with Crippen LogP contribution in [0.1, 0.15) is 5.56 Å². The Labute approximate surface area is 162 Å². The highest BCUT2D eigenvalue weighted by molar-refractivity contribution is 6.25. The van der Waals surface area contributed by atoms with Gasteiger partial charge in [0.1, 0.15) is 5.69 Å². The van der Waals surface area contributed by atoms with Gasteiger partial charge in [0, 0.05) is 5.56 Å². The summed E-state index contributed by atoms with van der Waals surface area (Å²) in [6, 6.07) is 30.0. The maximum Gasteiger partial charge on any atom is 0.113 e. The van der Waals surface area contributed by atoms with Gasteiger partial charge in [0.2, 0.25) is 0 Å². The highest BCUT2D eigenvalue weighted by Crippen LogP contribution is 2.38. The van der Waals surface area contributed by atoms with Crippen LogP contribution >= 0.6 is 0 Å². The van der Waals surface area contributed by atoms with Crippen LogP contribution in [-0.2, 0) is 6.54 Å². The first-order valence-corrected chi connectivity index (χ1v) is 9.48. The normalized spacial score (nSPS) is 11.7. The van der Waals surface area contributed by atoms with Gasteiger partial charge in [-0.1, -0.05) is 90.1 Å². The Hall–Kier alpha value is -3.72. The fourth-order valence-corrected chi connectivity index (χ4v) is 4.23. The van der Waals surface area contributed by atoms with E-state index in [-0.39, 0.29) is 0 Å².